The zero-order valence-electron chi connectivity index (χ0n) is 8.77. The Morgan fingerprint density at radius 3 is 2.80 bits per heavy atom. The lowest BCUT2D eigenvalue weighted by Gasteiger charge is -2.29. The van der Waals surface area contributed by atoms with Gasteiger partial charge in [0.05, 0.1) is 5.75 Å². The van der Waals surface area contributed by atoms with Crippen LogP contribution in [0.5, 0.6) is 0 Å². The van der Waals surface area contributed by atoms with Gasteiger partial charge in [-0.05, 0) is 6.42 Å². The maximum absolute atomic E-state index is 11.4. The first kappa shape index (κ1) is 12.4. The second-order valence-corrected chi connectivity index (χ2v) is 5.61. The van der Waals surface area contributed by atoms with Crippen molar-refractivity contribution < 1.29 is 13.2 Å². The van der Waals surface area contributed by atoms with E-state index in [4.69, 9.17) is 5.73 Å². The number of likely N-dealkylation sites (N-methyl/N-ethyl adjacent to an activating group) is 1. The van der Waals surface area contributed by atoms with Crippen LogP contribution in [0.2, 0.25) is 0 Å². The van der Waals surface area contributed by atoms with Crippen molar-refractivity contribution in [3.05, 3.63) is 0 Å². The zero-order valence-corrected chi connectivity index (χ0v) is 9.59. The molecule has 3 N–H and O–H groups in total. The summed E-state index contributed by atoms with van der Waals surface area (Å²) in [5.41, 5.74) is 5.19. The highest BCUT2D eigenvalue weighted by molar-refractivity contribution is 7.89. The average Bonchev–Trinajstić information content (AvgIpc) is 2.10. The van der Waals surface area contributed by atoms with Crippen LogP contribution in [-0.4, -0.2) is 51.2 Å². The van der Waals surface area contributed by atoms with Gasteiger partial charge in [-0.3, -0.25) is 4.79 Å². The fraction of sp³-hybridized carbons (Fsp3) is 0.875. The molecule has 0 aromatic rings. The van der Waals surface area contributed by atoms with Crippen molar-refractivity contribution in [2.75, 3.05) is 25.9 Å². The van der Waals surface area contributed by atoms with Crippen molar-refractivity contribution in [2.24, 2.45) is 5.73 Å². The van der Waals surface area contributed by atoms with Gasteiger partial charge in [-0.25, -0.2) is 13.1 Å². The Kier molecular flexibility index (Phi) is 4.06. The van der Waals surface area contributed by atoms with Gasteiger partial charge in [-0.15, -0.1) is 0 Å². The van der Waals surface area contributed by atoms with Crippen molar-refractivity contribution in [1.29, 1.82) is 0 Å². The van der Waals surface area contributed by atoms with Gasteiger partial charge in [0, 0.05) is 32.6 Å². The van der Waals surface area contributed by atoms with Gasteiger partial charge < -0.3 is 10.6 Å². The summed E-state index contributed by atoms with van der Waals surface area (Å²) in [5, 5.41) is 0. The minimum atomic E-state index is -3.29. The molecule has 1 saturated heterocycles. The molecule has 1 heterocycles. The lowest BCUT2D eigenvalue weighted by molar-refractivity contribution is -0.132. The van der Waals surface area contributed by atoms with Gasteiger partial charge in [0.15, 0.2) is 0 Å². The van der Waals surface area contributed by atoms with Crippen LogP contribution in [0.4, 0.5) is 0 Å². The molecule has 0 aliphatic carbocycles. The zero-order chi connectivity index (χ0) is 11.5. The van der Waals surface area contributed by atoms with Crippen molar-refractivity contribution in [3.8, 4) is 0 Å². The third-order valence-corrected chi connectivity index (χ3v) is 3.83. The Hall–Kier alpha value is -0.660. The van der Waals surface area contributed by atoms with Gasteiger partial charge in [0.25, 0.3) is 0 Å². The number of rotatable bonds is 4. The summed E-state index contributed by atoms with van der Waals surface area (Å²) in [7, 11) is -1.61. The number of nitrogens with two attached hydrogens (primary N) is 1. The lowest BCUT2D eigenvalue weighted by Crippen LogP contribution is -2.49. The number of carbonyl (C=O) groups is 1. The van der Waals surface area contributed by atoms with E-state index in [1.807, 2.05) is 0 Å². The number of sulfonamides is 1. The molecule has 1 atom stereocenters. The second kappa shape index (κ2) is 4.91. The first-order chi connectivity index (χ1) is 6.94. The van der Waals surface area contributed by atoms with Crippen LogP contribution < -0.4 is 10.5 Å². The normalized spacial score (nSPS) is 23.2. The molecule has 7 heteroatoms. The third kappa shape index (κ3) is 3.77. The number of carbonyl (C=O) groups excluding carboxylic acids is 1. The standard InChI is InChI=1S/C8H17N3O3S/c1-11-6-7(2-3-8(11)12)10-15(13,14)5-4-9/h7,10H,2-6,9H2,1H3. The predicted octanol–water partition coefficient (Wildman–Crippen LogP) is -1.51. The van der Waals surface area contributed by atoms with E-state index in [1.54, 1.807) is 11.9 Å². The Labute approximate surface area is 89.9 Å². The van der Waals surface area contributed by atoms with E-state index in [2.05, 4.69) is 4.72 Å². The molecule has 0 bridgehead atoms. The molecule has 1 aliphatic heterocycles. The number of hydrogen-bond acceptors (Lipinski definition) is 4. The molecule has 0 aromatic heterocycles. The summed E-state index contributed by atoms with van der Waals surface area (Å²) in [6.45, 7) is 0.541. The number of nitrogens with zero attached hydrogens (tertiary/aromatic N) is 1. The Morgan fingerprint density at radius 2 is 2.27 bits per heavy atom. The van der Waals surface area contributed by atoms with E-state index in [-0.39, 0.29) is 24.2 Å². The summed E-state index contributed by atoms with van der Waals surface area (Å²) < 4.78 is 25.3. The van der Waals surface area contributed by atoms with E-state index in [0.29, 0.717) is 19.4 Å². The molecule has 1 aliphatic rings. The maximum atomic E-state index is 11.4. The summed E-state index contributed by atoms with van der Waals surface area (Å²) in [6.07, 6.45) is 0.958. The van der Waals surface area contributed by atoms with Crippen LogP contribution in [0.3, 0.4) is 0 Å². The van der Waals surface area contributed by atoms with Gasteiger partial charge >= 0.3 is 0 Å². The van der Waals surface area contributed by atoms with Gasteiger partial charge in [-0.1, -0.05) is 0 Å². The minimum absolute atomic E-state index is 0.0595. The van der Waals surface area contributed by atoms with Crippen LogP contribution in [0.15, 0.2) is 0 Å². The molecular formula is C8H17N3O3S. The third-order valence-electron chi connectivity index (χ3n) is 2.36. The van der Waals surface area contributed by atoms with Crippen molar-refractivity contribution >= 4 is 15.9 Å². The Morgan fingerprint density at radius 1 is 1.60 bits per heavy atom. The van der Waals surface area contributed by atoms with Crippen LogP contribution in [0, 0.1) is 0 Å². The van der Waals surface area contributed by atoms with Gasteiger partial charge in [0.1, 0.15) is 0 Å². The molecule has 0 aromatic carbocycles. The molecule has 0 spiro atoms. The topological polar surface area (TPSA) is 92.5 Å². The molecule has 88 valence electrons. The number of piperidine rings is 1. The molecular weight excluding hydrogens is 218 g/mol. The molecule has 1 amide bonds. The first-order valence-electron chi connectivity index (χ1n) is 4.88. The van der Waals surface area contributed by atoms with Crippen LogP contribution in [0.1, 0.15) is 12.8 Å². The van der Waals surface area contributed by atoms with E-state index in [9.17, 15) is 13.2 Å². The molecule has 0 saturated carbocycles. The van der Waals surface area contributed by atoms with Crippen molar-refractivity contribution in [3.63, 3.8) is 0 Å². The molecule has 6 nitrogen and oxygen atoms in total. The van der Waals surface area contributed by atoms with Crippen LogP contribution >= 0.6 is 0 Å². The van der Waals surface area contributed by atoms with E-state index >= 15 is 0 Å². The molecule has 1 unspecified atom stereocenters. The van der Waals surface area contributed by atoms with Gasteiger partial charge in [-0.2, -0.15) is 0 Å². The van der Waals surface area contributed by atoms with E-state index < -0.39 is 10.0 Å². The SMILES string of the molecule is CN1CC(NS(=O)(=O)CCN)CCC1=O. The largest absolute Gasteiger partial charge is 0.344 e. The maximum Gasteiger partial charge on any atom is 0.222 e. The first-order valence-corrected chi connectivity index (χ1v) is 6.54. The predicted molar refractivity (Wildman–Crippen MR) is 56.6 cm³/mol. The van der Waals surface area contributed by atoms with Crippen molar-refractivity contribution in [1.82, 2.24) is 9.62 Å². The highest BCUT2D eigenvalue weighted by Gasteiger charge is 2.25. The second-order valence-electron chi connectivity index (χ2n) is 3.74. The molecule has 1 fully saturated rings. The van der Waals surface area contributed by atoms with E-state index in [0.717, 1.165) is 0 Å². The number of hydrogen-bond donors (Lipinski definition) is 2. The Bertz CT molecular complexity index is 328. The molecule has 15 heavy (non-hydrogen) atoms. The quantitative estimate of drug-likeness (QED) is 0.619. The molecule has 1 rings (SSSR count). The summed E-state index contributed by atoms with van der Waals surface area (Å²) in [4.78, 5) is 12.7. The van der Waals surface area contributed by atoms with Gasteiger partial charge in [0.2, 0.25) is 15.9 Å². The number of likely N-dealkylation sites (tertiary alicyclic amines) is 1. The fourth-order valence-corrected chi connectivity index (χ4v) is 2.70. The fourth-order valence-electron chi connectivity index (χ4n) is 1.58. The van der Waals surface area contributed by atoms with Crippen LogP contribution in [-0.2, 0) is 14.8 Å². The van der Waals surface area contributed by atoms with Crippen molar-refractivity contribution in [2.45, 2.75) is 18.9 Å². The highest BCUT2D eigenvalue weighted by atomic mass is 32.2. The smallest absolute Gasteiger partial charge is 0.222 e. The summed E-state index contributed by atoms with van der Waals surface area (Å²) >= 11 is 0. The highest BCUT2D eigenvalue weighted by Crippen LogP contribution is 2.10. The average molecular weight is 235 g/mol. The monoisotopic (exact) mass is 235 g/mol. The van der Waals surface area contributed by atoms with E-state index in [1.165, 1.54) is 0 Å². The lowest BCUT2D eigenvalue weighted by atomic mass is 10.1. The summed E-state index contributed by atoms with van der Waals surface area (Å²) in [6, 6.07) is -0.177. The Balaban J connectivity index is 2.50. The molecule has 0 radical (unpaired) electrons. The number of nitrogens with one attached hydrogen (secondary N) is 1. The van der Waals surface area contributed by atoms with Crippen LogP contribution in [0.25, 0.3) is 0 Å². The minimum Gasteiger partial charge on any atom is -0.344 e. The summed E-state index contributed by atoms with van der Waals surface area (Å²) in [5.74, 6) is -0.00878. The number of amides is 1.